The van der Waals surface area contributed by atoms with E-state index in [4.69, 9.17) is 0 Å². The summed E-state index contributed by atoms with van der Waals surface area (Å²) in [5, 5.41) is 9.68. The standard InChI is InChI=1S/C10H12BrNOS/c11-8-2-1-3-12-9(8)4-7-5-14-6-10(7)13/h1-3,7,10,13H,4-6H2. The first-order chi connectivity index (χ1) is 6.77. The maximum Gasteiger partial charge on any atom is 0.0670 e. The highest BCUT2D eigenvalue weighted by Crippen LogP contribution is 2.28. The van der Waals surface area contributed by atoms with Crippen LogP contribution in [0, 0.1) is 5.92 Å². The van der Waals surface area contributed by atoms with Crippen LogP contribution >= 0.6 is 27.7 Å². The van der Waals surface area contributed by atoms with Crippen LogP contribution < -0.4 is 0 Å². The van der Waals surface area contributed by atoms with Crippen molar-refractivity contribution in [1.82, 2.24) is 4.98 Å². The average molecular weight is 274 g/mol. The molecule has 1 aliphatic rings. The molecule has 0 amide bonds. The van der Waals surface area contributed by atoms with Gasteiger partial charge in [-0.1, -0.05) is 0 Å². The molecule has 0 radical (unpaired) electrons. The van der Waals surface area contributed by atoms with Crippen LogP contribution in [0.15, 0.2) is 22.8 Å². The van der Waals surface area contributed by atoms with Crippen molar-refractivity contribution >= 4 is 27.7 Å². The Balaban J connectivity index is 2.07. The molecule has 0 spiro atoms. The van der Waals surface area contributed by atoms with Gasteiger partial charge >= 0.3 is 0 Å². The Morgan fingerprint density at radius 2 is 2.43 bits per heavy atom. The second-order valence-electron chi connectivity index (χ2n) is 3.50. The number of hydrogen-bond donors (Lipinski definition) is 1. The molecular weight excluding hydrogens is 262 g/mol. The van der Waals surface area contributed by atoms with E-state index in [0.717, 1.165) is 28.1 Å². The van der Waals surface area contributed by atoms with E-state index in [1.54, 1.807) is 6.20 Å². The van der Waals surface area contributed by atoms with E-state index >= 15 is 0 Å². The van der Waals surface area contributed by atoms with E-state index in [-0.39, 0.29) is 6.10 Å². The minimum absolute atomic E-state index is 0.158. The van der Waals surface area contributed by atoms with Crippen LogP contribution in [0.3, 0.4) is 0 Å². The first-order valence-electron chi connectivity index (χ1n) is 4.62. The quantitative estimate of drug-likeness (QED) is 0.896. The van der Waals surface area contributed by atoms with Crippen molar-refractivity contribution < 1.29 is 5.11 Å². The smallest absolute Gasteiger partial charge is 0.0670 e. The minimum Gasteiger partial charge on any atom is -0.392 e. The van der Waals surface area contributed by atoms with Gasteiger partial charge in [0, 0.05) is 22.3 Å². The number of rotatable bonds is 2. The molecule has 0 aromatic carbocycles. The van der Waals surface area contributed by atoms with Crippen LogP contribution in [0.5, 0.6) is 0 Å². The van der Waals surface area contributed by atoms with Crippen molar-refractivity contribution in [3.05, 3.63) is 28.5 Å². The summed E-state index contributed by atoms with van der Waals surface area (Å²) in [6.07, 6.45) is 2.51. The molecule has 14 heavy (non-hydrogen) atoms. The highest BCUT2D eigenvalue weighted by molar-refractivity contribution is 9.10. The average Bonchev–Trinajstić information content (AvgIpc) is 2.56. The first kappa shape index (κ1) is 10.5. The van der Waals surface area contributed by atoms with E-state index in [1.807, 2.05) is 23.9 Å². The van der Waals surface area contributed by atoms with Gasteiger partial charge in [0.05, 0.1) is 11.8 Å². The molecule has 1 saturated heterocycles. The van der Waals surface area contributed by atoms with Crippen molar-refractivity contribution in [1.29, 1.82) is 0 Å². The summed E-state index contributed by atoms with van der Waals surface area (Å²) in [6, 6.07) is 3.91. The van der Waals surface area contributed by atoms with Crippen molar-refractivity contribution in [2.45, 2.75) is 12.5 Å². The number of thioether (sulfide) groups is 1. The highest BCUT2D eigenvalue weighted by atomic mass is 79.9. The Labute approximate surface area is 96.3 Å². The van der Waals surface area contributed by atoms with Gasteiger partial charge in [0.25, 0.3) is 0 Å². The molecule has 1 N–H and O–H groups in total. The van der Waals surface area contributed by atoms with Crippen molar-refractivity contribution in [3.63, 3.8) is 0 Å². The highest BCUT2D eigenvalue weighted by Gasteiger charge is 2.26. The third-order valence-corrected chi connectivity index (χ3v) is 4.42. The summed E-state index contributed by atoms with van der Waals surface area (Å²) in [5.41, 5.74) is 1.05. The fourth-order valence-corrected chi connectivity index (χ4v) is 3.31. The van der Waals surface area contributed by atoms with E-state index in [0.29, 0.717) is 5.92 Å². The summed E-state index contributed by atoms with van der Waals surface area (Å²) < 4.78 is 1.05. The van der Waals surface area contributed by atoms with E-state index in [1.165, 1.54) is 0 Å². The van der Waals surface area contributed by atoms with Gasteiger partial charge in [0.15, 0.2) is 0 Å². The van der Waals surface area contributed by atoms with Crippen molar-refractivity contribution in [2.24, 2.45) is 5.92 Å². The van der Waals surface area contributed by atoms with E-state index in [2.05, 4.69) is 20.9 Å². The largest absolute Gasteiger partial charge is 0.392 e. The minimum atomic E-state index is -0.158. The zero-order valence-electron chi connectivity index (χ0n) is 7.69. The maximum atomic E-state index is 9.68. The SMILES string of the molecule is OC1CSCC1Cc1ncccc1Br. The maximum absolute atomic E-state index is 9.68. The molecule has 0 aliphatic carbocycles. The lowest BCUT2D eigenvalue weighted by atomic mass is 10.00. The van der Waals surface area contributed by atoms with Gasteiger partial charge in [-0.05, 0) is 40.2 Å². The van der Waals surface area contributed by atoms with Gasteiger partial charge in [-0.3, -0.25) is 4.98 Å². The Morgan fingerprint density at radius 3 is 3.07 bits per heavy atom. The Bertz CT molecular complexity index is 321. The fourth-order valence-electron chi connectivity index (χ4n) is 1.60. The zero-order valence-corrected chi connectivity index (χ0v) is 10.1. The molecule has 2 unspecified atom stereocenters. The molecule has 76 valence electrons. The Hall–Kier alpha value is -0.0600. The lowest BCUT2D eigenvalue weighted by molar-refractivity contribution is 0.149. The Kier molecular flexibility index (Phi) is 3.47. The summed E-state index contributed by atoms with van der Waals surface area (Å²) in [6.45, 7) is 0. The van der Waals surface area contributed by atoms with Gasteiger partial charge in [0.2, 0.25) is 0 Å². The van der Waals surface area contributed by atoms with Gasteiger partial charge in [-0.15, -0.1) is 0 Å². The molecule has 2 nitrogen and oxygen atoms in total. The summed E-state index contributed by atoms with van der Waals surface area (Å²) in [4.78, 5) is 4.31. The molecule has 0 bridgehead atoms. The van der Waals surface area contributed by atoms with Crippen LogP contribution in [-0.4, -0.2) is 27.7 Å². The Morgan fingerprint density at radius 1 is 1.57 bits per heavy atom. The van der Waals surface area contributed by atoms with Crippen LogP contribution in [0.2, 0.25) is 0 Å². The van der Waals surface area contributed by atoms with Crippen LogP contribution in [0.4, 0.5) is 0 Å². The van der Waals surface area contributed by atoms with Gasteiger partial charge in [-0.2, -0.15) is 11.8 Å². The zero-order chi connectivity index (χ0) is 9.97. The summed E-state index contributed by atoms with van der Waals surface area (Å²) in [5.74, 6) is 2.28. The van der Waals surface area contributed by atoms with Crippen molar-refractivity contribution in [2.75, 3.05) is 11.5 Å². The fraction of sp³-hybridized carbons (Fsp3) is 0.500. The molecule has 1 aromatic rings. The third-order valence-electron chi connectivity index (χ3n) is 2.45. The lowest BCUT2D eigenvalue weighted by Crippen LogP contribution is -2.20. The predicted octanol–water partition coefficient (Wildman–Crippen LogP) is 2.11. The van der Waals surface area contributed by atoms with Gasteiger partial charge in [-0.25, -0.2) is 0 Å². The third kappa shape index (κ3) is 2.30. The predicted molar refractivity (Wildman–Crippen MR) is 62.5 cm³/mol. The number of aliphatic hydroxyl groups excluding tert-OH is 1. The van der Waals surface area contributed by atoms with E-state index in [9.17, 15) is 5.11 Å². The number of nitrogens with zero attached hydrogens (tertiary/aromatic N) is 1. The summed E-state index contributed by atoms with van der Waals surface area (Å²) >= 11 is 5.29. The van der Waals surface area contributed by atoms with E-state index < -0.39 is 0 Å². The second kappa shape index (κ2) is 4.64. The molecule has 2 rings (SSSR count). The molecule has 4 heteroatoms. The van der Waals surface area contributed by atoms with Crippen LogP contribution in [-0.2, 0) is 6.42 Å². The molecule has 2 heterocycles. The van der Waals surface area contributed by atoms with Crippen LogP contribution in [0.25, 0.3) is 0 Å². The number of hydrogen-bond acceptors (Lipinski definition) is 3. The normalized spacial score (nSPS) is 26.7. The monoisotopic (exact) mass is 273 g/mol. The van der Waals surface area contributed by atoms with Gasteiger partial charge < -0.3 is 5.11 Å². The second-order valence-corrected chi connectivity index (χ2v) is 5.43. The lowest BCUT2D eigenvalue weighted by Gasteiger charge is -2.13. The summed E-state index contributed by atoms with van der Waals surface area (Å²) in [7, 11) is 0. The molecular formula is C10H12BrNOS. The topological polar surface area (TPSA) is 33.1 Å². The number of aromatic nitrogens is 1. The number of halogens is 1. The number of aliphatic hydroxyl groups is 1. The molecule has 0 saturated carbocycles. The molecule has 1 fully saturated rings. The number of pyridine rings is 1. The molecule has 2 atom stereocenters. The molecule has 1 aromatic heterocycles. The first-order valence-corrected chi connectivity index (χ1v) is 6.57. The van der Waals surface area contributed by atoms with Crippen LogP contribution in [0.1, 0.15) is 5.69 Å². The van der Waals surface area contributed by atoms with Gasteiger partial charge in [0.1, 0.15) is 0 Å². The van der Waals surface area contributed by atoms with Crippen molar-refractivity contribution in [3.8, 4) is 0 Å². The molecule has 1 aliphatic heterocycles.